The van der Waals surface area contributed by atoms with Crippen LogP contribution in [-0.4, -0.2) is 34.2 Å². The molecule has 0 heterocycles. The van der Waals surface area contributed by atoms with E-state index < -0.39 is 15.7 Å². The number of carbonyl (C=O) groups excluding carboxylic acids is 1. The Morgan fingerprint density at radius 1 is 1.24 bits per heavy atom. The van der Waals surface area contributed by atoms with Gasteiger partial charge in [0.1, 0.15) is 12.4 Å². The fourth-order valence-electron chi connectivity index (χ4n) is 2.35. The Balaban J connectivity index is 2.01. The van der Waals surface area contributed by atoms with Gasteiger partial charge in [-0.2, -0.15) is 0 Å². The summed E-state index contributed by atoms with van der Waals surface area (Å²) in [5.74, 6) is -0.719. The lowest BCUT2D eigenvalue weighted by molar-refractivity contribution is -0.885. The zero-order chi connectivity index (χ0) is 18.6. The van der Waals surface area contributed by atoms with E-state index in [2.05, 4.69) is 5.32 Å². The molecule has 5 nitrogen and oxygen atoms in total. The maximum absolute atomic E-state index is 13.8. The van der Waals surface area contributed by atoms with E-state index in [1.807, 2.05) is 0 Å². The molecule has 1 atom stereocenters. The average Bonchev–Trinajstić information content (AvgIpc) is 2.50. The molecule has 0 bridgehead atoms. The number of benzene rings is 2. The Labute approximate surface area is 151 Å². The zero-order valence-electron chi connectivity index (χ0n) is 13.8. The molecule has 2 rings (SSSR count). The summed E-state index contributed by atoms with van der Waals surface area (Å²) in [5, 5.41) is 2.97. The van der Waals surface area contributed by atoms with Crippen molar-refractivity contribution >= 4 is 33.0 Å². The largest absolute Gasteiger partial charge is 0.326 e. The third-order valence-corrected chi connectivity index (χ3v) is 5.01. The van der Waals surface area contributed by atoms with Gasteiger partial charge >= 0.3 is 0 Å². The second-order valence-corrected chi connectivity index (χ2v) is 8.28. The normalized spacial score (nSPS) is 12.6. The maximum Gasteiger partial charge on any atom is 0.279 e. The van der Waals surface area contributed by atoms with Gasteiger partial charge in [0, 0.05) is 11.9 Å². The first kappa shape index (κ1) is 19.4. The van der Waals surface area contributed by atoms with E-state index in [9.17, 15) is 17.6 Å². The van der Waals surface area contributed by atoms with Crippen LogP contribution in [0.3, 0.4) is 0 Å². The summed E-state index contributed by atoms with van der Waals surface area (Å²) in [5.41, 5.74) is 0.748. The van der Waals surface area contributed by atoms with E-state index in [0.717, 1.165) is 11.2 Å². The van der Waals surface area contributed by atoms with Gasteiger partial charge in [-0.3, -0.25) is 4.79 Å². The number of sulfone groups is 1. The van der Waals surface area contributed by atoms with Gasteiger partial charge in [-0.1, -0.05) is 23.7 Å². The number of halogens is 2. The minimum Gasteiger partial charge on any atom is -0.326 e. The van der Waals surface area contributed by atoms with Crippen LogP contribution in [0, 0.1) is 5.82 Å². The van der Waals surface area contributed by atoms with Crippen LogP contribution in [0.15, 0.2) is 47.4 Å². The molecule has 0 aliphatic heterocycles. The van der Waals surface area contributed by atoms with Crippen LogP contribution >= 0.6 is 11.6 Å². The fourth-order valence-corrected chi connectivity index (χ4v) is 3.25. The molecule has 0 aromatic heterocycles. The van der Waals surface area contributed by atoms with E-state index in [4.69, 9.17) is 11.6 Å². The zero-order valence-corrected chi connectivity index (χ0v) is 15.4. The summed E-state index contributed by atoms with van der Waals surface area (Å²) in [6, 6.07) is 10.5. The number of nitrogens with one attached hydrogen (secondary N) is 2. The molecule has 0 spiro atoms. The predicted molar refractivity (Wildman–Crippen MR) is 95.0 cm³/mol. The molecule has 2 aromatic carbocycles. The molecule has 0 fully saturated rings. The summed E-state index contributed by atoms with van der Waals surface area (Å²) < 4.78 is 36.9. The average molecular weight is 386 g/mol. The van der Waals surface area contributed by atoms with Crippen molar-refractivity contribution < 1.29 is 22.5 Å². The van der Waals surface area contributed by atoms with Crippen LogP contribution < -0.4 is 10.2 Å². The molecule has 1 unspecified atom stereocenters. The van der Waals surface area contributed by atoms with E-state index >= 15 is 0 Å². The topological polar surface area (TPSA) is 67.7 Å². The first-order valence-electron chi connectivity index (χ1n) is 7.51. The number of rotatable bonds is 6. The van der Waals surface area contributed by atoms with Crippen molar-refractivity contribution in [1.82, 2.24) is 0 Å². The van der Waals surface area contributed by atoms with Crippen molar-refractivity contribution in [3.63, 3.8) is 0 Å². The van der Waals surface area contributed by atoms with Gasteiger partial charge in [-0.05, 0) is 30.3 Å². The van der Waals surface area contributed by atoms with E-state index in [1.54, 1.807) is 25.2 Å². The molecule has 0 saturated heterocycles. The number of quaternary nitrogens is 1. The molecule has 8 heteroatoms. The number of carbonyl (C=O) groups is 1. The quantitative estimate of drug-likeness (QED) is 0.792. The molecule has 0 saturated carbocycles. The molecular formula is C17H19ClFN2O3S+. The first-order valence-corrected chi connectivity index (χ1v) is 9.78. The van der Waals surface area contributed by atoms with Crippen LogP contribution in [0.1, 0.15) is 5.56 Å². The molecule has 2 N–H and O–H groups in total. The lowest BCUT2D eigenvalue weighted by Crippen LogP contribution is -3.08. The Kier molecular flexibility index (Phi) is 6.16. The van der Waals surface area contributed by atoms with Crippen molar-refractivity contribution in [3.05, 3.63) is 58.9 Å². The van der Waals surface area contributed by atoms with Gasteiger partial charge in [0.15, 0.2) is 16.4 Å². The Bertz CT molecular complexity index is 867. The minimum absolute atomic E-state index is 0.0771. The van der Waals surface area contributed by atoms with Gasteiger partial charge in [0.25, 0.3) is 5.91 Å². The second kappa shape index (κ2) is 7.95. The minimum atomic E-state index is -3.35. The Hall–Kier alpha value is -1.96. The fraction of sp³-hybridized carbons (Fsp3) is 0.235. The van der Waals surface area contributed by atoms with E-state index in [0.29, 0.717) is 16.3 Å². The highest BCUT2D eigenvalue weighted by atomic mass is 35.5. The van der Waals surface area contributed by atoms with Crippen molar-refractivity contribution in [3.8, 4) is 0 Å². The van der Waals surface area contributed by atoms with Crippen LogP contribution in [-0.2, 0) is 21.2 Å². The van der Waals surface area contributed by atoms with Gasteiger partial charge in [-0.15, -0.1) is 0 Å². The van der Waals surface area contributed by atoms with Crippen molar-refractivity contribution in [2.24, 2.45) is 0 Å². The SMILES string of the molecule is C[NH+](CC(=O)Nc1cccc(S(C)(=O)=O)c1)Cc1c(F)cccc1Cl. The van der Waals surface area contributed by atoms with Crippen LogP contribution in [0.25, 0.3) is 0 Å². The van der Waals surface area contributed by atoms with Gasteiger partial charge < -0.3 is 10.2 Å². The Morgan fingerprint density at radius 3 is 2.56 bits per heavy atom. The molecule has 2 aromatic rings. The smallest absolute Gasteiger partial charge is 0.279 e. The van der Waals surface area contributed by atoms with E-state index in [-0.39, 0.29) is 23.9 Å². The van der Waals surface area contributed by atoms with Crippen molar-refractivity contribution in [2.45, 2.75) is 11.4 Å². The lowest BCUT2D eigenvalue weighted by Gasteiger charge is -2.15. The van der Waals surface area contributed by atoms with E-state index in [1.165, 1.54) is 24.3 Å². The van der Waals surface area contributed by atoms with Gasteiger partial charge in [0.05, 0.1) is 22.5 Å². The maximum atomic E-state index is 13.8. The first-order chi connectivity index (χ1) is 11.7. The number of hydrogen-bond donors (Lipinski definition) is 2. The summed E-state index contributed by atoms with van der Waals surface area (Å²) in [6.45, 7) is 0.329. The number of hydrogen-bond acceptors (Lipinski definition) is 3. The standard InChI is InChI=1S/C17H18ClFN2O3S/c1-21(10-14-15(18)7-4-8-16(14)19)11-17(22)20-12-5-3-6-13(9-12)25(2,23)24/h3-9H,10-11H2,1-2H3,(H,20,22)/p+1. The second-order valence-electron chi connectivity index (χ2n) is 5.86. The third-order valence-electron chi connectivity index (χ3n) is 3.55. The van der Waals surface area contributed by atoms with Crippen LogP contribution in [0.4, 0.5) is 10.1 Å². The summed E-state index contributed by atoms with van der Waals surface area (Å²) in [4.78, 5) is 13.0. The van der Waals surface area contributed by atoms with Gasteiger partial charge in [0.2, 0.25) is 0 Å². The molecule has 0 aliphatic rings. The van der Waals surface area contributed by atoms with Crippen molar-refractivity contribution in [2.75, 3.05) is 25.2 Å². The molecule has 1 amide bonds. The number of likely N-dealkylation sites (N-methyl/N-ethyl adjacent to an activating group) is 1. The molecule has 25 heavy (non-hydrogen) atoms. The highest BCUT2D eigenvalue weighted by Gasteiger charge is 2.16. The molecule has 134 valence electrons. The van der Waals surface area contributed by atoms with Crippen LogP contribution in [0.2, 0.25) is 5.02 Å². The molecule has 0 radical (unpaired) electrons. The predicted octanol–water partition coefficient (Wildman–Crippen LogP) is 1.54. The van der Waals surface area contributed by atoms with Gasteiger partial charge in [-0.25, -0.2) is 12.8 Å². The lowest BCUT2D eigenvalue weighted by atomic mass is 10.2. The monoisotopic (exact) mass is 385 g/mol. The third kappa shape index (κ3) is 5.52. The summed E-state index contributed by atoms with van der Waals surface area (Å²) >= 11 is 5.99. The summed E-state index contributed by atoms with van der Waals surface area (Å²) in [6.07, 6.45) is 1.10. The molecule has 0 aliphatic carbocycles. The number of amides is 1. The Morgan fingerprint density at radius 2 is 1.92 bits per heavy atom. The summed E-state index contributed by atoms with van der Waals surface area (Å²) in [7, 11) is -1.60. The highest BCUT2D eigenvalue weighted by molar-refractivity contribution is 7.90. The number of anilines is 1. The van der Waals surface area contributed by atoms with Crippen molar-refractivity contribution in [1.29, 1.82) is 0 Å². The molecular weight excluding hydrogens is 367 g/mol. The highest BCUT2D eigenvalue weighted by Crippen LogP contribution is 2.18. The van der Waals surface area contributed by atoms with Crippen LogP contribution in [0.5, 0.6) is 0 Å².